The van der Waals surface area contributed by atoms with Crippen molar-refractivity contribution in [3.05, 3.63) is 11.3 Å². The van der Waals surface area contributed by atoms with E-state index < -0.39 is 36.0 Å². The third-order valence-electron chi connectivity index (χ3n) is 6.00. The molecule has 1 aliphatic carbocycles. The standard InChI is InChI=1S/C25H40N4O6S/c1-14(23(34)29-22(24(35)26-6)28-17(13-30)8-9-36-7)10-18(31)15(2)27-16(3)21-19(32)11-25(4,5)12-20(21)33/h13-15,17,22,28,32H,8-12H2,1-7H3,(H,26,35)(H,29,34)/t14-,15+,17+,22-/m1/s1. The maximum absolute atomic E-state index is 12.8. The SMILES string of the molecule is CNC(=O)[C@@H](NC(=O)[C@H](C)CC(=O)[C@H](C)N=C(C)C1=C(O)CC(C)(C)CC1=O)N[C@H](C=O)CCSC. The van der Waals surface area contributed by atoms with Crippen molar-refractivity contribution in [2.45, 2.75) is 78.6 Å². The first-order chi connectivity index (χ1) is 16.8. The van der Waals surface area contributed by atoms with Crippen LogP contribution in [-0.4, -0.2) is 77.8 Å². The number of aldehydes is 1. The molecule has 0 radical (unpaired) electrons. The van der Waals surface area contributed by atoms with Gasteiger partial charge < -0.3 is 20.5 Å². The zero-order chi connectivity index (χ0) is 27.6. The number of aliphatic hydroxyl groups is 1. The van der Waals surface area contributed by atoms with Gasteiger partial charge in [-0.2, -0.15) is 11.8 Å². The van der Waals surface area contributed by atoms with Crippen LogP contribution in [0.2, 0.25) is 0 Å². The van der Waals surface area contributed by atoms with Gasteiger partial charge in [0.25, 0.3) is 5.91 Å². The Morgan fingerprint density at radius 1 is 1.19 bits per heavy atom. The Morgan fingerprint density at radius 3 is 2.36 bits per heavy atom. The fourth-order valence-corrected chi connectivity index (χ4v) is 4.44. The summed E-state index contributed by atoms with van der Waals surface area (Å²) in [5, 5.41) is 18.2. The van der Waals surface area contributed by atoms with E-state index >= 15 is 0 Å². The topological polar surface area (TPSA) is 154 Å². The zero-order valence-corrected chi connectivity index (χ0v) is 23.1. The molecule has 1 aliphatic rings. The summed E-state index contributed by atoms with van der Waals surface area (Å²) >= 11 is 1.56. The van der Waals surface area contributed by atoms with Gasteiger partial charge in [0.05, 0.1) is 11.6 Å². The van der Waals surface area contributed by atoms with Gasteiger partial charge in [-0.05, 0) is 37.7 Å². The largest absolute Gasteiger partial charge is 0.511 e. The van der Waals surface area contributed by atoms with Gasteiger partial charge in [0.1, 0.15) is 18.1 Å². The predicted molar refractivity (Wildman–Crippen MR) is 141 cm³/mol. The first-order valence-corrected chi connectivity index (χ1v) is 13.4. The number of likely N-dealkylation sites (N-methyl/N-ethyl adjacent to an activating group) is 1. The maximum Gasteiger partial charge on any atom is 0.257 e. The molecular formula is C25H40N4O6S. The second-order valence-corrected chi connectivity index (χ2v) is 11.0. The lowest BCUT2D eigenvalue weighted by atomic mass is 9.75. The highest BCUT2D eigenvalue weighted by atomic mass is 32.2. The molecule has 0 aliphatic heterocycles. The molecule has 4 N–H and O–H groups in total. The van der Waals surface area contributed by atoms with Gasteiger partial charge in [0.2, 0.25) is 5.91 Å². The van der Waals surface area contributed by atoms with E-state index in [2.05, 4.69) is 20.9 Å². The first kappa shape index (κ1) is 31.5. The molecule has 0 bridgehead atoms. The number of carbonyl (C=O) groups is 5. The molecule has 4 atom stereocenters. The Hall–Kier alpha value is -2.53. The van der Waals surface area contributed by atoms with E-state index in [1.54, 1.807) is 32.5 Å². The molecule has 0 heterocycles. The average molecular weight is 525 g/mol. The van der Waals surface area contributed by atoms with E-state index in [0.717, 1.165) is 0 Å². The summed E-state index contributed by atoms with van der Waals surface area (Å²) in [4.78, 5) is 65.9. The number of hydrogen-bond acceptors (Lipinski definition) is 9. The van der Waals surface area contributed by atoms with Gasteiger partial charge in [-0.25, -0.2) is 0 Å². The summed E-state index contributed by atoms with van der Waals surface area (Å²) in [6.07, 6.45) is 2.44. The van der Waals surface area contributed by atoms with Gasteiger partial charge >= 0.3 is 0 Å². The smallest absolute Gasteiger partial charge is 0.257 e. The van der Waals surface area contributed by atoms with E-state index in [0.29, 0.717) is 30.6 Å². The number of carbonyl (C=O) groups excluding carboxylic acids is 5. The second kappa shape index (κ2) is 14.3. The van der Waals surface area contributed by atoms with Crippen LogP contribution in [0.3, 0.4) is 0 Å². The van der Waals surface area contributed by atoms with Crippen LogP contribution in [0.1, 0.15) is 60.3 Å². The molecule has 0 fully saturated rings. The Morgan fingerprint density at radius 2 is 1.83 bits per heavy atom. The Balaban J connectivity index is 2.85. The molecule has 0 aromatic heterocycles. The van der Waals surface area contributed by atoms with Crippen LogP contribution in [0.4, 0.5) is 0 Å². The maximum atomic E-state index is 12.8. The highest BCUT2D eigenvalue weighted by molar-refractivity contribution is 7.98. The van der Waals surface area contributed by atoms with Crippen LogP contribution >= 0.6 is 11.8 Å². The first-order valence-electron chi connectivity index (χ1n) is 12.0. The molecule has 2 amide bonds. The van der Waals surface area contributed by atoms with Crippen molar-refractivity contribution < 1.29 is 29.1 Å². The molecule has 11 heteroatoms. The van der Waals surface area contributed by atoms with Gasteiger partial charge in [0, 0.05) is 37.9 Å². The van der Waals surface area contributed by atoms with Crippen LogP contribution in [-0.2, 0) is 24.0 Å². The molecule has 10 nitrogen and oxygen atoms in total. The number of aliphatic hydroxyl groups excluding tert-OH is 1. The summed E-state index contributed by atoms with van der Waals surface area (Å²) in [5.41, 5.74) is 0.113. The number of hydrogen-bond donors (Lipinski definition) is 4. The fourth-order valence-electron chi connectivity index (χ4n) is 3.95. The molecule has 36 heavy (non-hydrogen) atoms. The van der Waals surface area contributed by atoms with E-state index in [1.807, 2.05) is 20.1 Å². The van der Waals surface area contributed by atoms with Crippen LogP contribution in [0, 0.1) is 11.3 Å². The monoisotopic (exact) mass is 524 g/mol. The van der Waals surface area contributed by atoms with E-state index in [1.165, 1.54) is 7.05 Å². The highest BCUT2D eigenvalue weighted by Crippen LogP contribution is 2.36. The minimum absolute atomic E-state index is 0.0243. The summed E-state index contributed by atoms with van der Waals surface area (Å²) in [6.45, 7) is 8.51. The van der Waals surface area contributed by atoms with Crippen molar-refractivity contribution in [2.24, 2.45) is 16.3 Å². The van der Waals surface area contributed by atoms with Crippen molar-refractivity contribution in [1.82, 2.24) is 16.0 Å². The predicted octanol–water partition coefficient (Wildman–Crippen LogP) is 1.73. The van der Waals surface area contributed by atoms with E-state index in [4.69, 9.17) is 0 Å². The van der Waals surface area contributed by atoms with Crippen molar-refractivity contribution in [3.8, 4) is 0 Å². The number of nitrogens with zero attached hydrogens (tertiary/aromatic N) is 1. The van der Waals surface area contributed by atoms with Crippen LogP contribution in [0.15, 0.2) is 16.3 Å². The average Bonchev–Trinajstić information content (AvgIpc) is 2.78. The van der Waals surface area contributed by atoms with Gasteiger partial charge in [-0.1, -0.05) is 20.8 Å². The van der Waals surface area contributed by atoms with Gasteiger partial charge in [-0.3, -0.25) is 29.5 Å². The number of ketones is 2. The third-order valence-corrected chi connectivity index (χ3v) is 6.64. The molecule has 0 saturated carbocycles. The Kier molecular flexibility index (Phi) is 12.5. The van der Waals surface area contributed by atoms with Crippen molar-refractivity contribution >= 4 is 47.1 Å². The van der Waals surface area contributed by atoms with Crippen molar-refractivity contribution in [3.63, 3.8) is 0 Å². The summed E-state index contributed by atoms with van der Waals surface area (Å²) < 4.78 is 0. The quantitative estimate of drug-likeness (QED) is 0.152. The lowest BCUT2D eigenvalue weighted by Crippen LogP contribution is -2.58. The number of allylic oxidation sites excluding steroid dienone is 2. The molecule has 1 rings (SSSR count). The zero-order valence-electron chi connectivity index (χ0n) is 22.3. The molecular weight excluding hydrogens is 484 g/mol. The van der Waals surface area contributed by atoms with Gasteiger partial charge in [-0.15, -0.1) is 0 Å². The second-order valence-electron chi connectivity index (χ2n) is 9.97. The highest BCUT2D eigenvalue weighted by Gasteiger charge is 2.34. The number of Topliss-reactive ketones (excluding diaryl/α,β-unsaturated/α-hetero) is 2. The van der Waals surface area contributed by atoms with Crippen molar-refractivity contribution in [2.75, 3.05) is 19.1 Å². The number of rotatable bonds is 14. The summed E-state index contributed by atoms with van der Waals surface area (Å²) in [6, 6.07) is -1.45. The minimum Gasteiger partial charge on any atom is -0.511 e. The number of amides is 2. The molecule has 0 spiro atoms. The van der Waals surface area contributed by atoms with E-state index in [9.17, 15) is 29.1 Å². The molecule has 0 unspecified atom stereocenters. The van der Waals surface area contributed by atoms with Crippen molar-refractivity contribution in [1.29, 1.82) is 0 Å². The van der Waals surface area contributed by atoms with Crippen LogP contribution in [0.25, 0.3) is 0 Å². The van der Waals surface area contributed by atoms with Crippen LogP contribution in [0.5, 0.6) is 0 Å². The molecule has 0 saturated heterocycles. The lowest BCUT2D eigenvalue weighted by molar-refractivity contribution is -0.133. The Bertz CT molecular complexity index is 914. The number of aliphatic imine (C=N–C) groups is 1. The van der Waals surface area contributed by atoms with E-state index in [-0.39, 0.29) is 41.2 Å². The third kappa shape index (κ3) is 9.50. The summed E-state index contributed by atoms with van der Waals surface area (Å²) in [5.74, 6) is -1.67. The van der Waals surface area contributed by atoms with Gasteiger partial charge in [0.15, 0.2) is 17.7 Å². The lowest BCUT2D eigenvalue weighted by Gasteiger charge is -2.29. The molecule has 0 aromatic carbocycles. The molecule has 202 valence electrons. The van der Waals surface area contributed by atoms with Crippen LogP contribution < -0.4 is 16.0 Å². The Labute approximate surface area is 217 Å². The number of nitrogens with one attached hydrogen (secondary N) is 3. The normalized spacial score (nSPS) is 19.2. The number of thioether (sulfide) groups is 1. The minimum atomic E-state index is -1.13. The summed E-state index contributed by atoms with van der Waals surface area (Å²) in [7, 11) is 1.42. The fraction of sp³-hybridized carbons (Fsp3) is 0.680. The molecule has 0 aromatic rings.